The van der Waals surface area contributed by atoms with Gasteiger partial charge in [-0.2, -0.15) is 0 Å². The molecule has 0 N–H and O–H groups in total. The highest BCUT2D eigenvalue weighted by atomic mass is 32.2. The van der Waals surface area contributed by atoms with Gasteiger partial charge >= 0.3 is 0 Å². The van der Waals surface area contributed by atoms with Gasteiger partial charge in [0.05, 0.1) is 5.57 Å². The lowest BCUT2D eigenvalue weighted by atomic mass is 9.91. The fourth-order valence-corrected chi connectivity index (χ4v) is 4.06. The molecule has 0 bridgehead atoms. The van der Waals surface area contributed by atoms with E-state index in [9.17, 15) is 9.59 Å². The van der Waals surface area contributed by atoms with Crippen LogP contribution in [0.15, 0.2) is 63.9 Å². The van der Waals surface area contributed by atoms with Crippen LogP contribution in [0.5, 0.6) is 0 Å². The molecule has 0 radical (unpaired) electrons. The van der Waals surface area contributed by atoms with Gasteiger partial charge in [0.2, 0.25) is 0 Å². The first kappa shape index (κ1) is 12.6. The first-order valence-corrected chi connectivity index (χ1v) is 7.74. The average molecular weight is 292 g/mol. The van der Waals surface area contributed by atoms with Gasteiger partial charge in [0, 0.05) is 28.2 Å². The summed E-state index contributed by atoms with van der Waals surface area (Å²) in [6, 6.07) is 16.0. The molecule has 102 valence electrons. The number of ketones is 2. The van der Waals surface area contributed by atoms with E-state index < -0.39 is 0 Å². The Morgan fingerprint density at radius 3 is 1.67 bits per heavy atom. The van der Waals surface area contributed by atoms with Crippen LogP contribution in [0.2, 0.25) is 0 Å². The molecule has 1 aliphatic heterocycles. The van der Waals surface area contributed by atoms with Gasteiger partial charge in [0.1, 0.15) is 0 Å². The van der Waals surface area contributed by atoms with Crippen LogP contribution in [0.3, 0.4) is 0 Å². The molecule has 4 rings (SSSR count). The summed E-state index contributed by atoms with van der Waals surface area (Å²) in [5.41, 5.74) is 3.22. The summed E-state index contributed by atoms with van der Waals surface area (Å²) >= 11 is 1.69. The van der Waals surface area contributed by atoms with Crippen molar-refractivity contribution in [2.24, 2.45) is 0 Å². The SMILES string of the molecule is O=C1CCC(=O)C1=C1c2ccccc2Sc2ccccc21. The molecule has 1 fully saturated rings. The van der Waals surface area contributed by atoms with E-state index in [4.69, 9.17) is 0 Å². The summed E-state index contributed by atoms with van der Waals surface area (Å²) in [6.45, 7) is 0. The number of fused-ring (bicyclic) bond motifs is 2. The fourth-order valence-electron chi connectivity index (χ4n) is 2.97. The van der Waals surface area contributed by atoms with Gasteiger partial charge < -0.3 is 0 Å². The topological polar surface area (TPSA) is 34.1 Å². The Morgan fingerprint density at radius 2 is 1.14 bits per heavy atom. The van der Waals surface area contributed by atoms with E-state index >= 15 is 0 Å². The molecule has 0 amide bonds. The molecular weight excluding hydrogens is 280 g/mol. The van der Waals surface area contributed by atoms with Crippen LogP contribution >= 0.6 is 11.8 Å². The summed E-state index contributed by atoms with van der Waals surface area (Å²) in [7, 11) is 0. The van der Waals surface area contributed by atoms with Gasteiger partial charge in [-0.1, -0.05) is 48.2 Å². The molecule has 0 spiro atoms. The Balaban J connectivity index is 2.09. The van der Waals surface area contributed by atoms with Crippen molar-refractivity contribution in [3.8, 4) is 0 Å². The lowest BCUT2D eigenvalue weighted by Gasteiger charge is -2.23. The second-order valence-corrected chi connectivity index (χ2v) is 6.27. The van der Waals surface area contributed by atoms with Crippen LogP contribution in [-0.2, 0) is 9.59 Å². The monoisotopic (exact) mass is 292 g/mol. The van der Waals surface area contributed by atoms with E-state index in [-0.39, 0.29) is 11.6 Å². The zero-order chi connectivity index (χ0) is 14.4. The van der Waals surface area contributed by atoms with Crippen LogP contribution in [0.1, 0.15) is 24.0 Å². The second-order valence-electron chi connectivity index (χ2n) is 5.19. The van der Waals surface area contributed by atoms with Crippen molar-refractivity contribution in [1.29, 1.82) is 0 Å². The second kappa shape index (κ2) is 4.71. The number of hydrogen-bond acceptors (Lipinski definition) is 3. The number of benzene rings is 2. The summed E-state index contributed by atoms with van der Waals surface area (Å²) in [5.74, 6) is -0.0435. The highest BCUT2D eigenvalue weighted by Gasteiger charge is 2.33. The number of carbonyl (C=O) groups is 2. The molecule has 1 aliphatic carbocycles. The van der Waals surface area contributed by atoms with E-state index in [1.165, 1.54) is 0 Å². The summed E-state index contributed by atoms with van der Waals surface area (Å²) in [6.07, 6.45) is 0.685. The quantitative estimate of drug-likeness (QED) is 0.466. The highest BCUT2D eigenvalue weighted by molar-refractivity contribution is 7.99. The Hall–Kier alpha value is -2.13. The van der Waals surface area contributed by atoms with Crippen LogP contribution < -0.4 is 0 Å². The number of hydrogen-bond donors (Lipinski definition) is 0. The molecule has 2 aromatic carbocycles. The zero-order valence-electron chi connectivity index (χ0n) is 11.3. The van der Waals surface area contributed by atoms with Crippen LogP contribution in [0.4, 0.5) is 0 Å². The summed E-state index contributed by atoms with van der Waals surface area (Å²) < 4.78 is 0. The first-order valence-electron chi connectivity index (χ1n) is 6.93. The minimum Gasteiger partial charge on any atom is -0.294 e. The zero-order valence-corrected chi connectivity index (χ0v) is 12.1. The van der Waals surface area contributed by atoms with E-state index in [1.807, 2.05) is 48.5 Å². The molecule has 0 atom stereocenters. The van der Waals surface area contributed by atoms with Crippen molar-refractivity contribution in [2.45, 2.75) is 22.6 Å². The maximum Gasteiger partial charge on any atom is 0.167 e. The van der Waals surface area contributed by atoms with Gasteiger partial charge in [0.25, 0.3) is 0 Å². The van der Waals surface area contributed by atoms with Crippen LogP contribution in [-0.4, -0.2) is 11.6 Å². The standard InChI is InChI=1S/C18H12O2S/c19-13-9-10-14(20)18(13)17-11-5-1-3-7-15(11)21-16-8-4-2-6-12(16)17/h1-8H,9-10H2. The third-order valence-corrected chi connectivity index (χ3v) is 5.07. The molecular formula is C18H12O2S. The first-order chi connectivity index (χ1) is 10.3. The predicted octanol–water partition coefficient (Wildman–Crippen LogP) is 3.89. The molecule has 1 heterocycles. The van der Waals surface area contributed by atoms with Crippen molar-refractivity contribution in [1.82, 2.24) is 0 Å². The van der Waals surface area contributed by atoms with E-state index in [0.717, 1.165) is 26.5 Å². The molecule has 2 nitrogen and oxygen atoms in total. The van der Waals surface area contributed by atoms with Gasteiger partial charge in [-0.3, -0.25) is 9.59 Å². The van der Waals surface area contributed by atoms with E-state index in [2.05, 4.69) is 0 Å². The fraction of sp³-hybridized carbons (Fsp3) is 0.111. The van der Waals surface area contributed by atoms with Crippen molar-refractivity contribution in [2.75, 3.05) is 0 Å². The van der Waals surface area contributed by atoms with Gasteiger partial charge in [-0.25, -0.2) is 0 Å². The third-order valence-electron chi connectivity index (χ3n) is 3.92. The molecule has 0 saturated heterocycles. The molecule has 2 aromatic rings. The number of allylic oxidation sites excluding steroid dienone is 1. The normalized spacial score (nSPS) is 17.0. The van der Waals surface area contributed by atoms with Gasteiger partial charge in [-0.15, -0.1) is 0 Å². The van der Waals surface area contributed by atoms with Crippen molar-refractivity contribution in [3.63, 3.8) is 0 Å². The molecule has 2 aliphatic rings. The molecule has 0 unspecified atom stereocenters. The lowest BCUT2D eigenvalue weighted by molar-refractivity contribution is -0.116. The van der Waals surface area contributed by atoms with Crippen LogP contribution in [0, 0.1) is 0 Å². The van der Waals surface area contributed by atoms with E-state index in [0.29, 0.717) is 18.4 Å². The molecule has 1 saturated carbocycles. The minimum atomic E-state index is -0.0218. The van der Waals surface area contributed by atoms with Gasteiger partial charge in [-0.05, 0) is 23.3 Å². The maximum absolute atomic E-state index is 12.2. The summed E-state index contributed by atoms with van der Waals surface area (Å²) in [5, 5.41) is 0. The molecule has 21 heavy (non-hydrogen) atoms. The number of rotatable bonds is 0. The van der Waals surface area contributed by atoms with E-state index in [1.54, 1.807) is 11.8 Å². The van der Waals surface area contributed by atoms with Crippen molar-refractivity contribution < 1.29 is 9.59 Å². The maximum atomic E-state index is 12.2. The van der Waals surface area contributed by atoms with Crippen molar-refractivity contribution >= 4 is 28.9 Å². The number of Topliss-reactive ketones (excluding diaryl/α,β-unsaturated/α-hetero) is 2. The molecule has 0 aromatic heterocycles. The summed E-state index contributed by atoms with van der Waals surface area (Å²) in [4.78, 5) is 26.6. The van der Waals surface area contributed by atoms with Gasteiger partial charge in [0.15, 0.2) is 11.6 Å². The number of carbonyl (C=O) groups excluding carboxylic acids is 2. The third kappa shape index (κ3) is 1.88. The predicted molar refractivity (Wildman–Crippen MR) is 82.3 cm³/mol. The largest absolute Gasteiger partial charge is 0.294 e. The minimum absolute atomic E-state index is 0.0218. The highest BCUT2D eigenvalue weighted by Crippen LogP contribution is 2.47. The Bertz CT molecular complexity index is 752. The average Bonchev–Trinajstić information content (AvgIpc) is 2.84. The Kier molecular flexibility index (Phi) is 2.82. The van der Waals surface area contributed by atoms with Crippen LogP contribution in [0.25, 0.3) is 5.57 Å². The lowest BCUT2D eigenvalue weighted by Crippen LogP contribution is -2.09. The Labute approximate surface area is 126 Å². The Morgan fingerprint density at radius 1 is 0.667 bits per heavy atom. The smallest absolute Gasteiger partial charge is 0.167 e. The van der Waals surface area contributed by atoms with Crippen molar-refractivity contribution in [3.05, 3.63) is 65.2 Å². The molecule has 3 heteroatoms.